The molecule has 0 saturated heterocycles. The molecule has 2 aromatic rings. The van der Waals surface area contributed by atoms with Gasteiger partial charge in [0.05, 0.1) is 11.4 Å². The first-order valence-electron chi connectivity index (χ1n) is 6.53. The van der Waals surface area contributed by atoms with Crippen LogP contribution in [0.5, 0.6) is 0 Å². The maximum Gasteiger partial charge on any atom is 0.249 e. The van der Waals surface area contributed by atoms with E-state index in [2.05, 4.69) is 5.32 Å². The molecule has 1 heterocycles. The molecule has 0 radical (unpaired) electrons. The summed E-state index contributed by atoms with van der Waals surface area (Å²) in [6.45, 7) is 0. The molecule has 102 valence electrons. The molecule has 2 aromatic carbocycles. The number of nitrogens with one attached hydrogen (secondary N) is 1. The minimum Gasteiger partial charge on any atom is -0.372 e. The van der Waals surface area contributed by atoms with Gasteiger partial charge in [-0.25, -0.2) is 4.39 Å². The van der Waals surface area contributed by atoms with Gasteiger partial charge < -0.3 is 10.2 Å². The third-order valence-electron chi connectivity index (χ3n) is 3.58. The van der Waals surface area contributed by atoms with Gasteiger partial charge in [-0.15, -0.1) is 0 Å². The Labute approximate surface area is 117 Å². The van der Waals surface area contributed by atoms with E-state index in [1.54, 1.807) is 24.1 Å². The minimum atomic E-state index is -0.319. The van der Waals surface area contributed by atoms with Crippen molar-refractivity contribution in [3.8, 4) is 0 Å². The summed E-state index contributed by atoms with van der Waals surface area (Å²) in [5, 5.41) is 3.26. The molecule has 1 atom stereocenters. The van der Waals surface area contributed by atoms with Crippen molar-refractivity contribution < 1.29 is 9.18 Å². The number of amides is 1. The van der Waals surface area contributed by atoms with Crippen molar-refractivity contribution in [2.45, 2.75) is 12.5 Å². The van der Waals surface area contributed by atoms with Crippen LogP contribution in [0, 0.1) is 5.82 Å². The van der Waals surface area contributed by atoms with Crippen molar-refractivity contribution in [1.29, 1.82) is 0 Å². The lowest BCUT2D eigenvalue weighted by Gasteiger charge is -2.33. The molecule has 20 heavy (non-hydrogen) atoms. The molecule has 1 N–H and O–H groups in total. The lowest BCUT2D eigenvalue weighted by Crippen LogP contribution is -2.46. The number of carbonyl (C=O) groups excluding carboxylic acids is 1. The van der Waals surface area contributed by atoms with Gasteiger partial charge in [-0.05, 0) is 29.8 Å². The largest absolute Gasteiger partial charge is 0.372 e. The second-order valence-electron chi connectivity index (χ2n) is 4.94. The second kappa shape index (κ2) is 4.96. The first kappa shape index (κ1) is 12.7. The highest BCUT2D eigenvalue weighted by Crippen LogP contribution is 2.30. The van der Waals surface area contributed by atoms with Crippen LogP contribution >= 0.6 is 0 Å². The smallest absolute Gasteiger partial charge is 0.249 e. The number of nitrogens with zero attached hydrogens (tertiary/aromatic N) is 1. The van der Waals surface area contributed by atoms with Crippen LogP contribution in [0.1, 0.15) is 5.56 Å². The Bertz CT molecular complexity index is 639. The van der Waals surface area contributed by atoms with Crippen LogP contribution in [0.15, 0.2) is 48.5 Å². The van der Waals surface area contributed by atoms with Crippen LogP contribution in [0.25, 0.3) is 0 Å². The predicted molar refractivity (Wildman–Crippen MR) is 77.4 cm³/mol. The molecule has 1 amide bonds. The van der Waals surface area contributed by atoms with Crippen molar-refractivity contribution in [1.82, 2.24) is 0 Å². The third kappa shape index (κ3) is 2.25. The maximum absolute atomic E-state index is 12.9. The quantitative estimate of drug-likeness (QED) is 0.910. The van der Waals surface area contributed by atoms with Crippen LogP contribution in [0.4, 0.5) is 15.8 Å². The highest BCUT2D eigenvalue weighted by atomic mass is 19.1. The highest BCUT2D eigenvalue weighted by molar-refractivity contribution is 6.04. The number of anilines is 2. The molecule has 0 spiro atoms. The number of hydrogen-bond donors (Lipinski definition) is 1. The number of benzene rings is 2. The molecule has 0 aromatic heterocycles. The molecule has 1 aliphatic heterocycles. The van der Waals surface area contributed by atoms with Crippen molar-refractivity contribution in [3.63, 3.8) is 0 Å². The average molecular weight is 270 g/mol. The fourth-order valence-electron chi connectivity index (χ4n) is 2.48. The molecule has 3 rings (SSSR count). The van der Waals surface area contributed by atoms with Gasteiger partial charge in [0.1, 0.15) is 11.9 Å². The Morgan fingerprint density at radius 2 is 1.85 bits per heavy atom. The summed E-state index contributed by atoms with van der Waals surface area (Å²) < 4.78 is 12.9. The number of carbonyl (C=O) groups is 1. The van der Waals surface area contributed by atoms with Gasteiger partial charge in [0.15, 0.2) is 0 Å². The van der Waals surface area contributed by atoms with E-state index in [-0.39, 0.29) is 17.8 Å². The van der Waals surface area contributed by atoms with Gasteiger partial charge in [-0.1, -0.05) is 24.3 Å². The van der Waals surface area contributed by atoms with E-state index < -0.39 is 0 Å². The van der Waals surface area contributed by atoms with Crippen molar-refractivity contribution in [3.05, 3.63) is 59.9 Å². The summed E-state index contributed by atoms with van der Waals surface area (Å²) in [5.41, 5.74) is 2.76. The number of hydrogen-bond acceptors (Lipinski definition) is 2. The Morgan fingerprint density at radius 3 is 2.60 bits per heavy atom. The topological polar surface area (TPSA) is 32.3 Å². The first-order chi connectivity index (χ1) is 9.65. The summed E-state index contributed by atoms with van der Waals surface area (Å²) in [5.74, 6) is -0.243. The summed E-state index contributed by atoms with van der Waals surface area (Å²) in [6, 6.07) is 13.6. The van der Waals surface area contributed by atoms with Gasteiger partial charge >= 0.3 is 0 Å². The number of fused-ring (bicyclic) bond motifs is 1. The Kier molecular flexibility index (Phi) is 3.14. The molecule has 0 bridgehead atoms. The summed E-state index contributed by atoms with van der Waals surface area (Å²) in [6.07, 6.45) is 0.539. The van der Waals surface area contributed by atoms with Crippen LogP contribution in [0.3, 0.4) is 0 Å². The zero-order valence-electron chi connectivity index (χ0n) is 11.1. The molecular formula is C16H15FN2O. The lowest BCUT2D eigenvalue weighted by molar-refractivity contribution is -0.119. The molecule has 0 saturated carbocycles. The van der Waals surface area contributed by atoms with Crippen LogP contribution in [-0.2, 0) is 11.2 Å². The van der Waals surface area contributed by atoms with Crippen molar-refractivity contribution >= 4 is 17.3 Å². The lowest BCUT2D eigenvalue weighted by atomic mass is 10.0. The van der Waals surface area contributed by atoms with Gasteiger partial charge in [-0.2, -0.15) is 0 Å². The molecule has 0 unspecified atom stereocenters. The van der Waals surface area contributed by atoms with Gasteiger partial charge in [0.25, 0.3) is 0 Å². The van der Waals surface area contributed by atoms with Crippen LogP contribution in [0.2, 0.25) is 0 Å². The second-order valence-corrected chi connectivity index (χ2v) is 4.94. The standard InChI is InChI=1S/C16H15FN2O/c1-19-15-5-3-2-4-13(15)18-14(16(19)20)10-11-6-8-12(17)9-7-11/h2-9,14,18H,10H2,1H3/t14-/m0/s1. The van der Waals surface area contributed by atoms with E-state index in [9.17, 15) is 9.18 Å². The zero-order valence-corrected chi connectivity index (χ0v) is 11.1. The normalized spacial score (nSPS) is 17.6. The monoisotopic (exact) mass is 270 g/mol. The Hall–Kier alpha value is -2.36. The summed E-state index contributed by atoms with van der Waals surface area (Å²) in [4.78, 5) is 14.0. The molecule has 1 aliphatic rings. The van der Waals surface area contributed by atoms with Gasteiger partial charge in [-0.3, -0.25) is 4.79 Å². The third-order valence-corrected chi connectivity index (χ3v) is 3.58. The van der Waals surface area contributed by atoms with E-state index >= 15 is 0 Å². The van der Waals surface area contributed by atoms with Gasteiger partial charge in [0, 0.05) is 13.5 Å². The van der Waals surface area contributed by atoms with Gasteiger partial charge in [0.2, 0.25) is 5.91 Å². The van der Waals surface area contributed by atoms with Crippen LogP contribution < -0.4 is 10.2 Å². The molecule has 3 nitrogen and oxygen atoms in total. The first-order valence-corrected chi connectivity index (χ1v) is 6.53. The van der Waals surface area contributed by atoms with Crippen molar-refractivity contribution in [2.24, 2.45) is 0 Å². The van der Waals surface area contributed by atoms with Crippen LogP contribution in [-0.4, -0.2) is 19.0 Å². The van der Waals surface area contributed by atoms with E-state index in [0.717, 1.165) is 16.9 Å². The molecule has 0 aliphatic carbocycles. The minimum absolute atomic E-state index is 0.0213. The number of rotatable bonds is 2. The van der Waals surface area contributed by atoms with E-state index in [4.69, 9.17) is 0 Å². The molecule has 0 fully saturated rings. The zero-order chi connectivity index (χ0) is 14.1. The van der Waals surface area contributed by atoms with E-state index in [1.165, 1.54) is 12.1 Å². The molecular weight excluding hydrogens is 255 g/mol. The number of para-hydroxylation sites is 2. The number of likely N-dealkylation sites (N-methyl/N-ethyl adjacent to an activating group) is 1. The predicted octanol–water partition coefficient (Wildman–Crippen LogP) is 2.83. The van der Waals surface area contributed by atoms with Crippen molar-refractivity contribution in [2.75, 3.05) is 17.3 Å². The molecule has 4 heteroatoms. The highest BCUT2D eigenvalue weighted by Gasteiger charge is 2.29. The Morgan fingerprint density at radius 1 is 1.15 bits per heavy atom. The summed E-state index contributed by atoms with van der Waals surface area (Å²) in [7, 11) is 1.78. The fraction of sp³-hybridized carbons (Fsp3) is 0.188. The average Bonchev–Trinajstić information content (AvgIpc) is 2.47. The maximum atomic E-state index is 12.9. The Balaban J connectivity index is 1.85. The summed E-state index contributed by atoms with van der Waals surface area (Å²) >= 11 is 0. The van der Waals surface area contributed by atoms with E-state index in [1.807, 2.05) is 24.3 Å². The van der Waals surface area contributed by atoms with E-state index in [0.29, 0.717) is 6.42 Å². The number of halogens is 1. The SMILES string of the molecule is CN1C(=O)[C@H](Cc2ccc(F)cc2)Nc2ccccc21. The fourth-order valence-corrected chi connectivity index (χ4v) is 2.48.